The molecule has 0 aliphatic rings. The number of hydrogen-bond acceptors (Lipinski definition) is 3. The normalized spacial score (nSPS) is 10.9. The first-order chi connectivity index (χ1) is 14.5. The lowest BCUT2D eigenvalue weighted by molar-refractivity contribution is -0.384. The van der Waals surface area contributed by atoms with Crippen molar-refractivity contribution < 1.29 is 9.72 Å². The number of rotatable bonds is 18. The highest BCUT2D eigenvalue weighted by Gasteiger charge is 2.13. The van der Waals surface area contributed by atoms with E-state index in [4.69, 9.17) is 11.6 Å². The number of carbonyl (C=O) groups is 1. The van der Waals surface area contributed by atoms with Crippen molar-refractivity contribution in [1.82, 2.24) is 0 Å². The number of unbranched alkanes of at least 4 members (excludes halogenated alkanes) is 14. The number of nitrogens with zero attached hydrogens (tertiary/aromatic N) is 1. The van der Waals surface area contributed by atoms with E-state index >= 15 is 0 Å². The van der Waals surface area contributed by atoms with Crippen LogP contribution in [0.25, 0.3) is 0 Å². The van der Waals surface area contributed by atoms with E-state index in [-0.39, 0.29) is 16.6 Å². The molecule has 0 fully saturated rings. The molecule has 6 heteroatoms. The first kappa shape index (κ1) is 26.4. The quantitative estimate of drug-likeness (QED) is 0.142. The highest BCUT2D eigenvalue weighted by atomic mass is 35.5. The van der Waals surface area contributed by atoms with Gasteiger partial charge in [-0.25, -0.2) is 0 Å². The number of anilines is 1. The summed E-state index contributed by atoms with van der Waals surface area (Å²) >= 11 is 5.78. The number of nitrogens with one attached hydrogen (secondary N) is 1. The van der Waals surface area contributed by atoms with Gasteiger partial charge >= 0.3 is 0 Å². The Balaban J connectivity index is 1.95. The molecule has 170 valence electrons. The van der Waals surface area contributed by atoms with E-state index in [0.29, 0.717) is 12.1 Å². The van der Waals surface area contributed by atoms with E-state index < -0.39 is 4.92 Å². The summed E-state index contributed by atoms with van der Waals surface area (Å²) in [5, 5.41) is 13.7. The van der Waals surface area contributed by atoms with Crippen LogP contribution in [0.4, 0.5) is 11.4 Å². The van der Waals surface area contributed by atoms with Crippen LogP contribution in [0.3, 0.4) is 0 Å². The van der Waals surface area contributed by atoms with E-state index in [1.54, 1.807) is 6.07 Å². The summed E-state index contributed by atoms with van der Waals surface area (Å²) in [4.78, 5) is 22.3. The van der Waals surface area contributed by atoms with Gasteiger partial charge in [-0.1, -0.05) is 108 Å². The molecular formula is C24H39ClN2O3. The maximum atomic E-state index is 12.0. The van der Waals surface area contributed by atoms with Crippen LogP contribution in [-0.4, -0.2) is 10.8 Å². The van der Waals surface area contributed by atoms with Gasteiger partial charge in [0.1, 0.15) is 5.02 Å². The van der Waals surface area contributed by atoms with Crippen LogP contribution in [0.1, 0.15) is 110 Å². The van der Waals surface area contributed by atoms with Crippen molar-refractivity contribution in [2.45, 2.75) is 110 Å². The molecule has 0 aromatic heterocycles. The van der Waals surface area contributed by atoms with Crippen LogP contribution >= 0.6 is 11.6 Å². The fourth-order valence-corrected chi connectivity index (χ4v) is 3.80. The van der Waals surface area contributed by atoms with E-state index in [0.717, 1.165) is 19.3 Å². The van der Waals surface area contributed by atoms with Crippen LogP contribution in [-0.2, 0) is 4.79 Å². The van der Waals surface area contributed by atoms with Gasteiger partial charge in [0.15, 0.2) is 0 Å². The summed E-state index contributed by atoms with van der Waals surface area (Å²) in [5.74, 6) is -0.110. The molecule has 0 saturated heterocycles. The predicted octanol–water partition coefficient (Wildman–Crippen LogP) is 8.45. The van der Waals surface area contributed by atoms with E-state index in [1.165, 1.54) is 89.2 Å². The molecule has 0 unspecified atom stereocenters. The van der Waals surface area contributed by atoms with E-state index in [9.17, 15) is 14.9 Å². The van der Waals surface area contributed by atoms with Gasteiger partial charge in [-0.15, -0.1) is 0 Å². The fourth-order valence-electron chi connectivity index (χ4n) is 3.61. The molecule has 0 saturated carbocycles. The average Bonchev–Trinajstić information content (AvgIpc) is 2.72. The van der Waals surface area contributed by atoms with Gasteiger partial charge in [0.25, 0.3) is 5.69 Å². The maximum absolute atomic E-state index is 12.0. The third kappa shape index (κ3) is 12.8. The number of halogens is 1. The molecule has 5 nitrogen and oxygen atoms in total. The third-order valence-electron chi connectivity index (χ3n) is 5.43. The molecule has 0 spiro atoms. The van der Waals surface area contributed by atoms with E-state index in [2.05, 4.69) is 12.2 Å². The Hall–Kier alpha value is -1.62. The molecule has 30 heavy (non-hydrogen) atoms. The molecular weight excluding hydrogens is 400 g/mol. The summed E-state index contributed by atoms with van der Waals surface area (Å²) in [6.07, 6.45) is 19.8. The van der Waals surface area contributed by atoms with Crippen LogP contribution in [0, 0.1) is 10.1 Å². The largest absolute Gasteiger partial charge is 0.326 e. The zero-order valence-corrected chi connectivity index (χ0v) is 19.4. The van der Waals surface area contributed by atoms with Crippen LogP contribution < -0.4 is 5.32 Å². The molecule has 0 aliphatic carbocycles. The minimum absolute atomic E-state index is 0.0698. The van der Waals surface area contributed by atoms with Crippen molar-refractivity contribution in [2.24, 2.45) is 0 Å². The monoisotopic (exact) mass is 438 g/mol. The number of hydrogen-bond donors (Lipinski definition) is 1. The molecule has 1 amide bonds. The van der Waals surface area contributed by atoms with Gasteiger partial charge in [-0.3, -0.25) is 14.9 Å². The standard InChI is InChI=1S/C24H39ClN2O3/c1-2-3-4-5-6-7-8-9-10-11-12-13-14-15-16-17-24(28)26-21-18-19-22(25)23(20-21)27(29)30/h18-20H,2-17H2,1H3,(H,26,28). The van der Waals surface area contributed by atoms with E-state index in [1.807, 2.05) is 0 Å². The highest BCUT2D eigenvalue weighted by Crippen LogP contribution is 2.27. The molecule has 1 N–H and O–H groups in total. The van der Waals surface area contributed by atoms with Gasteiger partial charge in [0.2, 0.25) is 5.91 Å². The second kappa shape index (κ2) is 17.1. The molecule has 1 aromatic rings. The molecule has 0 atom stereocenters. The van der Waals surface area contributed by atoms with Crippen molar-refractivity contribution >= 4 is 28.9 Å². The zero-order valence-electron chi connectivity index (χ0n) is 18.6. The lowest BCUT2D eigenvalue weighted by atomic mass is 10.0. The molecule has 0 radical (unpaired) electrons. The average molecular weight is 439 g/mol. The minimum Gasteiger partial charge on any atom is -0.326 e. The Kier molecular flexibility index (Phi) is 15.1. The van der Waals surface area contributed by atoms with Gasteiger partial charge < -0.3 is 5.32 Å². The number of nitro benzene ring substituents is 1. The Labute approximate surface area is 187 Å². The molecule has 1 rings (SSSR count). The van der Waals surface area contributed by atoms with Gasteiger partial charge in [-0.05, 0) is 18.6 Å². The zero-order chi connectivity index (χ0) is 22.0. The van der Waals surface area contributed by atoms with Crippen LogP contribution in [0.5, 0.6) is 0 Å². The van der Waals surface area contributed by atoms with Crippen molar-refractivity contribution in [1.29, 1.82) is 0 Å². The molecule has 0 bridgehead atoms. The molecule has 0 aliphatic heterocycles. The predicted molar refractivity (Wildman–Crippen MR) is 126 cm³/mol. The topological polar surface area (TPSA) is 72.2 Å². The number of carbonyl (C=O) groups excluding carboxylic acids is 1. The summed E-state index contributed by atoms with van der Waals surface area (Å²) in [6.45, 7) is 2.26. The van der Waals surface area contributed by atoms with Gasteiger partial charge in [0.05, 0.1) is 4.92 Å². The Morgan fingerprint density at radius 2 is 1.33 bits per heavy atom. The Bertz CT molecular complexity index is 622. The number of benzene rings is 1. The number of nitro groups is 1. The van der Waals surface area contributed by atoms with Crippen LogP contribution in [0.2, 0.25) is 5.02 Å². The Morgan fingerprint density at radius 3 is 1.80 bits per heavy atom. The lowest BCUT2D eigenvalue weighted by Crippen LogP contribution is -2.11. The summed E-state index contributed by atoms with van der Waals surface area (Å²) in [6, 6.07) is 4.31. The van der Waals surface area contributed by atoms with Crippen molar-refractivity contribution in [3.05, 3.63) is 33.3 Å². The first-order valence-corrected chi connectivity index (χ1v) is 12.2. The second-order valence-electron chi connectivity index (χ2n) is 8.17. The SMILES string of the molecule is CCCCCCCCCCCCCCCCCC(=O)Nc1ccc(Cl)c([N+](=O)[O-])c1. The second-order valence-corrected chi connectivity index (χ2v) is 8.58. The van der Waals surface area contributed by atoms with Crippen LogP contribution in [0.15, 0.2) is 18.2 Å². The summed E-state index contributed by atoms with van der Waals surface area (Å²) < 4.78 is 0. The summed E-state index contributed by atoms with van der Waals surface area (Å²) in [5.41, 5.74) is 0.221. The Morgan fingerprint density at radius 1 is 0.867 bits per heavy atom. The van der Waals surface area contributed by atoms with Crippen molar-refractivity contribution in [2.75, 3.05) is 5.32 Å². The van der Waals surface area contributed by atoms with Gasteiger partial charge in [0, 0.05) is 18.2 Å². The highest BCUT2D eigenvalue weighted by molar-refractivity contribution is 6.32. The van der Waals surface area contributed by atoms with Crippen molar-refractivity contribution in [3.63, 3.8) is 0 Å². The molecule has 1 aromatic carbocycles. The van der Waals surface area contributed by atoms with Crippen molar-refractivity contribution in [3.8, 4) is 0 Å². The number of amides is 1. The summed E-state index contributed by atoms with van der Waals surface area (Å²) in [7, 11) is 0. The molecule has 0 heterocycles. The lowest BCUT2D eigenvalue weighted by Gasteiger charge is -2.06. The first-order valence-electron chi connectivity index (χ1n) is 11.8. The van der Waals surface area contributed by atoms with Gasteiger partial charge in [-0.2, -0.15) is 0 Å². The fraction of sp³-hybridized carbons (Fsp3) is 0.708. The maximum Gasteiger partial charge on any atom is 0.289 e. The smallest absolute Gasteiger partial charge is 0.289 e. The third-order valence-corrected chi connectivity index (χ3v) is 5.75. The minimum atomic E-state index is -0.549.